The molecule has 0 aliphatic carbocycles. The minimum atomic E-state index is -1.19. The SMILES string of the molecule is CC1CN(C(=O)NC(CCC(N)=O)C(=O)O)CC(C)(C)O1. The molecule has 1 saturated heterocycles. The molecule has 1 aliphatic heterocycles. The molecule has 0 aromatic heterocycles. The number of primary amides is 1. The molecule has 0 bridgehead atoms. The van der Waals surface area contributed by atoms with Crippen LogP contribution in [0.3, 0.4) is 0 Å². The van der Waals surface area contributed by atoms with Gasteiger partial charge in [-0.25, -0.2) is 9.59 Å². The first-order chi connectivity index (χ1) is 9.60. The van der Waals surface area contributed by atoms with Crippen LogP contribution in [0.1, 0.15) is 33.6 Å². The van der Waals surface area contributed by atoms with Crippen LogP contribution < -0.4 is 11.1 Å². The Kier molecular flexibility index (Phi) is 5.54. The van der Waals surface area contributed by atoms with Gasteiger partial charge in [0.2, 0.25) is 5.91 Å². The zero-order chi connectivity index (χ0) is 16.2. The Hall–Kier alpha value is -1.83. The van der Waals surface area contributed by atoms with E-state index in [0.717, 1.165) is 0 Å². The van der Waals surface area contributed by atoms with Crippen LogP contribution in [0, 0.1) is 0 Å². The molecule has 8 nitrogen and oxygen atoms in total. The smallest absolute Gasteiger partial charge is 0.326 e. The number of nitrogens with one attached hydrogen (secondary N) is 1. The number of hydrogen-bond acceptors (Lipinski definition) is 4. The summed E-state index contributed by atoms with van der Waals surface area (Å²) >= 11 is 0. The highest BCUT2D eigenvalue weighted by Crippen LogP contribution is 2.20. The molecular weight excluding hydrogens is 278 g/mol. The Morgan fingerprint density at radius 2 is 2.10 bits per heavy atom. The summed E-state index contributed by atoms with van der Waals surface area (Å²) in [5, 5.41) is 11.5. The molecule has 8 heteroatoms. The zero-order valence-corrected chi connectivity index (χ0v) is 12.6. The number of nitrogens with two attached hydrogens (primary N) is 1. The van der Waals surface area contributed by atoms with Gasteiger partial charge in [0.15, 0.2) is 0 Å². The van der Waals surface area contributed by atoms with Crippen LogP contribution in [-0.2, 0) is 14.3 Å². The second-order valence-corrected chi connectivity index (χ2v) is 5.91. The van der Waals surface area contributed by atoms with Gasteiger partial charge >= 0.3 is 12.0 Å². The minimum absolute atomic E-state index is 0.0281. The van der Waals surface area contributed by atoms with E-state index >= 15 is 0 Å². The second-order valence-electron chi connectivity index (χ2n) is 5.91. The Bertz CT molecular complexity index is 424. The van der Waals surface area contributed by atoms with E-state index in [4.69, 9.17) is 15.6 Å². The topological polar surface area (TPSA) is 122 Å². The maximum Gasteiger partial charge on any atom is 0.326 e. The van der Waals surface area contributed by atoms with Crippen LogP contribution in [0.2, 0.25) is 0 Å². The number of rotatable bonds is 5. The predicted molar refractivity (Wildman–Crippen MR) is 74.6 cm³/mol. The summed E-state index contributed by atoms with van der Waals surface area (Å²) in [6.45, 7) is 6.33. The van der Waals surface area contributed by atoms with Gasteiger partial charge in [-0.2, -0.15) is 0 Å². The van der Waals surface area contributed by atoms with Gasteiger partial charge in [0.25, 0.3) is 0 Å². The summed E-state index contributed by atoms with van der Waals surface area (Å²) in [4.78, 5) is 35.5. The van der Waals surface area contributed by atoms with Gasteiger partial charge in [0.1, 0.15) is 6.04 Å². The zero-order valence-electron chi connectivity index (χ0n) is 12.6. The molecule has 1 fully saturated rings. The molecule has 0 saturated carbocycles. The fraction of sp³-hybridized carbons (Fsp3) is 0.769. The van der Waals surface area contributed by atoms with E-state index in [1.165, 1.54) is 4.90 Å². The lowest BCUT2D eigenvalue weighted by Crippen LogP contribution is -2.58. The molecule has 2 atom stereocenters. The third-order valence-electron chi connectivity index (χ3n) is 3.13. The normalized spacial score (nSPS) is 22.4. The van der Waals surface area contributed by atoms with Gasteiger partial charge in [-0.05, 0) is 27.2 Å². The quantitative estimate of drug-likeness (QED) is 0.655. The van der Waals surface area contributed by atoms with Crippen LogP contribution >= 0.6 is 0 Å². The summed E-state index contributed by atoms with van der Waals surface area (Å²) in [6.07, 6.45) is -0.254. The second kappa shape index (κ2) is 6.75. The van der Waals surface area contributed by atoms with Gasteiger partial charge in [0.05, 0.1) is 18.2 Å². The van der Waals surface area contributed by atoms with Crippen LogP contribution in [0.4, 0.5) is 4.79 Å². The fourth-order valence-electron chi connectivity index (χ4n) is 2.39. The van der Waals surface area contributed by atoms with E-state index in [-0.39, 0.29) is 18.9 Å². The average Bonchev–Trinajstić information content (AvgIpc) is 2.30. The first-order valence-corrected chi connectivity index (χ1v) is 6.85. The van der Waals surface area contributed by atoms with Crippen molar-refractivity contribution >= 4 is 17.9 Å². The highest BCUT2D eigenvalue weighted by atomic mass is 16.5. The van der Waals surface area contributed by atoms with Crippen molar-refractivity contribution in [3.63, 3.8) is 0 Å². The number of carboxylic acids is 1. The van der Waals surface area contributed by atoms with E-state index in [1.807, 2.05) is 20.8 Å². The van der Waals surface area contributed by atoms with Crippen molar-refractivity contribution in [2.75, 3.05) is 13.1 Å². The predicted octanol–water partition coefficient (Wildman–Crippen LogP) is -0.0860. The third-order valence-corrected chi connectivity index (χ3v) is 3.13. The number of hydrogen-bond donors (Lipinski definition) is 3. The molecule has 120 valence electrons. The van der Waals surface area contributed by atoms with Crippen molar-refractivity contribution in [1.29, 1.82) is 0 Å². The van der Waals surface area contributed by atoms with Gasteiger partial charge in [-0.1, -0.05) is 0 Å². The lowest BCUT2D eigenvalue weighted by atomic mass is 10.1. The molecule has 1 heterocycles. The molecule has 21 heavy (non-hydrogen) atoms. The van der Waals surface area contributed by atoms with Crippen LogP contribution in [0.5, 0.6) is 0 Å². The number of urea groups is 1. The number of carbonyl (C=O) groups excluding carboxylic acids is 2. The standard InChI is InChI=1S/C13H23N3O5/c1-8-6-16(7-13(2,3)21-8)12(20)15-9(11(18)19)4-5-10(14)17/h8-9H,4-7H2,1-3H3,(H2,14,17)(H,15,20)(H,18,19). The Morgan fingerprint density at radius 3 is 2.57 bits per heavy atom. The summed E-state index contributed by atoms with van der Waals surface area (Å²) < 4.78 is 5.69. The van der Waals surface area contributed by atoms with Crippen molar-refractivity contribution < 1.29 is 24.2 Å². The molecule has 0 aromatic rings. The fourth-order valence-corrected chi connectivity index (χ4v) is 2.39. The molecule has 1 rings (SSSR count). The summed E-state index contributed by atoms with van der Waals surface area (Å²) in [5.41, 5.74) is 4.51. The minimum Gasteiger partial charge on any atom is -0.480 e. The number of morpholine rings is 1. The van der Waals surface area contributed by atoms with Gasteiger partial charge in [-0.15, -0.1) is 0 Å². The molecule has 3 amide bonds. The van der Waals surface area contributed by atoms with Gasteiger partial charge < -0.3 is 25.8 Å². The monoisotopic (exact) mass is 301 g/mol. The maximum atomic E-state index is 12.2. The number of ether oxygens (including phenoxy) is 1. The number of amides is 3. The van der Waals surface area contributed by atoms with Crippen molar-refractivity contribution in [1.82, 2.24) is 10.2 Å². The van der Waals surface area contributed by atoms with E-state index in [1.54, 1.807) is 0 Å². The maximum absolute atomic E-state index is 12.2. The summed E-state index contributed by atoms with van der Waals surface area (Å²) in [6, 6.07) is -1.61. The van der Waals surface area contributed by atoms with Crippen molar-refractivity contribution in [3.8, 4) is 0 Å². The highest BCUT2D eigenvalue weighted by molar-refractivity contribution is 5.83. The lowest BCUT2D eigenvalue weighted by molar-refractivity contribution is -0.139. The van der Waals surface area contributed by atoms with Gasteiger partial charge in [0, 0.05) is 13.0 Å². The van der Waals surface area contributed by atoms with E-state index in [0.29, 0.717) is 13.1 Å². The number of carbonyl (C=O) groups is 3. The van der Waals surface area contributed by atoms with Crippen molar-refractivity contribution in [2.45, 2.75) is 51.4 Å². The van der Waals surface area contributed by atoms with Crippen LogP contribution in [-0.4, -0.2) is 58.8 Å². The van der Waals surface area contributed by atoms with Crippen LogP contribution in [0.15, 0.2) is 0 Å². The molecule has 0 aromatic carbocycles. The largest absolute Gasteiger partial charge is 0.480 e. The van der Waals surface area contributed by atoms with E-state index in [9.17, 15) is 14.4 Å². The molecule has 0 radical (unpaired) electrons. The summed E-state index contributed by atoms with van der Waals surface area (Å²) in [5.74, 6) is -1.79. The van der Waals surface area contributed by atoms with Crippen molar-refractivity contribution in [3.05, 3.63) is 0 Å². The number of nitrogens with zero attached hydrogens (tertiary/aromatic N) is 1. The van der Waals surface area contributed by atoms with E-state index in [2.05, 4.69) is 5.32 Å². The Labute approximate surface area is 123 Å². The van der Waals surface area contributed by atoms with Crippen LogP contribution in [0.25, 0.3) is 0 Å². The van der Waals surface area contributed by atoms with Crippen molar-refractivity contribution in [2.24, 2.45) is 5.73 Å². The van der Waals surface area contributed by atoms with E-state index < -0.39 is 29.6 Å². The molecule has 2 unspecified atom stereocenters. The number of aliphatic carboxylic acids is 1. The van der Waals surface area contributed by atoms with Gasteiger partial charge in [-0.3, -0.25) is 4.79 Å². The summed E-state index contributed by atoms with van der Waals surface area (Å²) in [7, 11) is 0. The molecule has 4 N–H and O–H groups in total. The Balaban J connectivity index is 2.64. The lowest BCUT2D eigenvalue weighted by Gasteiger charge is -2.41. The first kappa shape index (κ1) is 17.2. The average molecular weight is 301 g/mol. The third kappa shape index (κ3) is 5.58. The molecular formula is C13H23N3O5. The molecule has 0 spiro atoms. The molecule has 1 aliphatic rings. The Morgan fingerprint density at radius 1 is 1.48 bits per heavy atom. The first-order valence-electron chi connectivity index (χ1n) is 6.85. The number of carboxylic acid groups (broad SMARTS) is 1. The highest BCUT2D eigenvalue weighted by Gasteiger charge is 2.34.